The molecule has 0 fully saturated rings. The molecule has 2 N–H and O–H groups in total. The Bertz CT molecular complexity index is 559. The van der Waals surface area contributed by atoms with Gasteiger partial charge in [-0.15, -0.1) is 0 Å². The van der Waals surface area contributed by atoms with Gasteiger partial charge >= 0.3 is 0 Å². The highest BCUT2D eigenvalue weighted by Gasteiger charge is 2.11. The third-order valence-corrected chi connectivity index (χ3v) is 3.14. The van der Waals surface area contributed by atoms with Crippen molar-refractivity contribution in [2.75, 3.05) is 11.4 Å². The first-order valence-corrected chi connectivity index (χ1v) is 6.99. The summed E-state index contributed by atoms with van der Waals surface area (Å²) in [6.07, 6.45) is 3.64. The molecule has 6 heteroatoms. The maximum atomic E-state index is 11.0. The second-order valence-corrected chi connectivity index (χ2v) is 5.24. The van der Waals surface area contributed by atoms with Gasteiger partial charge in [-0.3, -0.25) is 4.79 Å². The summed E-state index contributed by atoms with van der Waals surface area (Å²) >= 11 is 3.31. The van der Waals surface area contributed by atoms with E-state index in [4.69, 9.17) is 5.73 Å². The lowest BCUT2D eigenvalue weighted by molar-refractivity contribution is -0.117. The Morgan fingerprint density at radius 3 is 2.45 bits per heavy atom. The zero-order valence-corrected chi connectivity index (χ0v) is 12.5. The van der Waals surface area contributed by atoms with Crippen LogP contribution in [0.1, 0.15) is 12.0 Å². The van der Waals surface area contributed by atoms with E-state index in [2.05, 4.69) is 25.9 Å². The second kappa shape index (κ2) is 7.00. The van der Waals surface area contributed by atoms with E-state index in [0.717, 1.165) is 10.0 Å². The van der Waals surface area contributed by atoms with Gasteiger partial charge in [0.2, 0.25) is 11.9 Å². The van der Waals surface area contributed by atoms with Gasteiger partial charge in [0.25, 0.3) is 0 Å². The van der Waals surface area contributed by atoms with Crippen molar-refractivity contribution in [3.05, 3.63) is 52.8 Å². The van der Waals surface area contributed by atoms with E-state index >= 15 is 0 Å². The summed E-state index contributed by atoms with van der Waals surface area (Å²) in [5.74, 6) is 0.249. The van der Waals surface area contributed by atoms with E-state index in [1.807, 2.05) is 35.2 Å². The molecule has 2 aromatic rings. The van der Waals surface area contributed by atoms with Crippen LogP contribution < -0.4 is 10.6 Å². The third-order valence-electron chi connectivity index (χ3n) is 2.73. The Morgan fingerprint density at radius 1 is 1.20 bits per heavy atom. The average Bonchev–Trinajstić information content (AvgIpc) is 2.45. The maximum Gasteiger partial charge on any atom is 0.225 e. The van der Waals surface area contributed by atoms with Gasteiger partial charge in [0.1, 0.15) is 0 Å². The molecule has 2 rings (SSSR count). The maximum absolute atomic E-state index is 11.0. The SMILES string of the molecule is NC(=O)CCN(Cc1ccccc1)c1ncc(Br)cn1. The predicted octanol–water partition coefficient (Wildman–Crippen LogP) is 2.12. The number of primary amides is 1. The van der Waals surface area contributed by atoms with Crippen molar-refractivity contribution < 1.29 is 4.79 Å². The fourth-order valence-corrected chi connectivity index (χ4v) is 1.97. The number of rotatable bonds is 6. The molecule has 0 radical (unpaired) electrons. The molecule has 104 valence electrons. The number of halogens is 1. The zero-order valence-electron chi connectivity index (χ0n) is 10.9. The Hall–Kier alpha value is -1.95. The number of hydrogen-bond acceptors (Lipinski definition) is 4. The van der Waals surface area contributed by atoms with Crippen LogP contribution >= 0.6 is 15.9 Å². The molecule has 0 spiro atoms. The van der Waals surface area contributed by atoms with Crippen LogP contribution in [0.3, 0.4) is 0 Å². The fraction of sp³-hybridized carbons (Fsp3) is 0.214. The summed E-state index contributed by atoms with van der Waals surface area (Å²) in [5.41, 5.74) is 6.35. The van der Waals surface area contributed by atoms with Gasteiger partial charge in [-0.25, -0.2) is 9.97 Å². The molecule has 0 aliphatic carbocycles. The minimum atomic E-state index is -0.333. The Balaban J connectivity index is 2.15. The molecule has 1 amide bonds. The average molecular weight is 335 g/mol. The van der Waals surface area contributed by atoms with E-state index in [9.17, 15) is 4.79 Å². The van der Waals surface area contributed by atoms with Crippen LogP contribution in [0, 0.1) is 0 Å². The number of benzene rings is 1. The summed E-state index contributed by atoms with van der Waals surface area (Å²) in [6, 6.07) is 9.97. The van der Waals surface area contributed by atoms with Crippen LogP contribution in [0.2, 0.25) is 0 Å². The van der Waals surface area contributed by atoms with Gasteiger partial charge in [0.15, 0.2) is 0 Å². The lowest BCUT2D eigenvalue weighted by Gasteiger charge is -2.22. The van der Waals surface area contributed by atoms with Gasteiger partial charge in [0, 0.05) is 31.9 Å². The van der Waals surface area contributed by atoms with Gasteiger partial charge in [-0.1, -0.05) is 30.3 Å². The van der Waals surface area contributed by atoms with Crippen LogP contribution in [0.5, 0.6) is 0 Å². The van der Waals surface area contributed by atoms with Crippen molar-refractivity contribution in [2.45, 2.75) is 13.0 Å². The topological polar surface area (TPSA) is 72.1 Å². The molecule has 1 aromatic heterocycles. The third kappa shape index (κ3) is 4.31. The van der Waals surface area contributed by atoms with E-state index < -0.39 is 0 Å². The normalized spacial score (nSPS) is 10.2. The number of carbonyl (C=O) groups is 1. The molecule has 0 aliphatic rings. The highest BCUT2D eigenvalue weighted by atomic mass is 79.9. The van der Waals surface area contributed by atoms with Gasteiger partial charge in [-0.2, -0.15) is 0 Å². The first-order valence-electron chi connectivity index (χ1n) is 6.20. The van der Waals surface area contributed by atoms with Crippen molar-refractivity contribution in [3.8, 4) is 0 Å². The summed E-state index contributed by atoms with van der Waals surface area (Å²) in [4.78, 5) is 21.5. The minimum Gasteiger partial charge on any atom is -0.370 e. The summed E-state index contributed by atoms with van der Waals surface area (Å²) in [6.45, 7) is 1.13. The lowest BCUT2D eigenvalue weighted by Crippen LogP contribution is -2.29. The Labute approximate surface area is 126 Å². The molecule has 0 aliphatic heterocycles. The molecule has 20 heavy (non-hydrogen) atoms. The van der Waals surface area contributed by atoms with Crippen LogP contribution in [0.25, 0.3) is 0 Å². The van der Waals surface area contributed by atoms with Crippen molar-refractivity contribution in [3.63, 3.8) is 0 Å². The summed E-state index contributed by atoms with van der Waals surface area (Å²) in [5, 5.41) is 0. The van der Waals surface area contributed by atoms with E-state index in [1.54, 1.807) is 12.4 Å². The summed E-state index contributed by atoms with van der Waals surface area (Å²) < 4.78 is 0.816. The highest BCUT2D eigenvalue weighted by molar-refractivity contribution is 9.10. The van der Waals surface area contributed by atoms with E-state index in [0.29, 0.717) is 19.0 Å². The molecule has 0 bridgehead atoms. The molecular formula is C14H15BrN4O. The number of carbonyl (C=O) groups excluding carboxylic acids is 1. The molecule has 0 unspecified atom stereocenters. The van der Waals surface area contributed by atoms with Gasteiger partial charge in [0.05, 0.1) is 4.47 Å². The quantitative estimate of drug-likeness (QED) is 0.878. The molecule has 5 nitrogen and oxygen atoms in total. The minimum absolute atomic E-state index is 0.270. The molecule has 0 saturated carbocycles. The standard InChI is InChI=1S/C14H15BrN4O/c15-12-8-17-14(18-9-12)19(7-6-13(16)20)10-11-4-2-1-3-5-11/h1-5,8-9H,6-7,10H2,(H2,16,20). The van der Waals surface area contributed by atoms with Crippen molar-refractivity contribution >= 4 is 27.8 Å². The van der Waals surface area contributed by atoms with Gasteiger partial charge in [-0.05, 0) is 21.5 Å². The molecule has 0 saturated heterocycles. The Kier molecular flexibility index (Phi) is 5.06. The zero-order chi connectivity index (χ0) is 14.4. The smallest absolute Gasteiger partial charge is 0.225 e. The second-order valence-electron chi connectivity index (χ2n) is 4.32. The largest absolute Gasteiger partial charge is 0.370 e. The lowest BCUT2D eigenvalue weighted by atomic mass is 10.2. The first-order chi connectivity index (χ1) is 9.65. The number of amides is 1. The van der Waals surface area contributed by atoms with Gasteiger partial charge < -0.3 is 10.6 Å². The molecule has 1 heterocycles. The summed E-state index contributed by atoms with van der Waals surface area (Å²) in [7, 11) is 0. The number of aromatic nitrogens is 2. The Morgan fingerprint density at radius 2 is 1.85 bits per heavy atom. The van der Waals surface area contributed by atoms with Crippen molar-refractivity contribution in [1.82, 2.24) is 9.97 Å². The molecule has 1 aromatic carbocycles. The van der Waals surface area contributed by atoms with Crippen molar-refractivity contribution in [1.29, 1.82) is 0 Å². The number of hydrogen-bond donors (Lipinski definition) is 1. The van der Waals surface area contributed by atoms with Crippen molar-refractivity contribution in [2.24, 2.45) is 5.73 Å². The van der Waals surface area contributed by atoms with Crippen LogP contribution in [0.15, 0.2) is 47.2 Å². The number of nitrogens with zero attached hydrogens (tertiary/aromatic N) is 3. The fourth-order valence-electron chi connectivity index (χ4n) is 1.77. The number of anilines is 1. The van der Waals surface area contributed by atoms with E-state index in [-0.39, 0.29) is 12.3 Å². The molecule has 0 atom stereocenters. The molecular weight excluding hydrogens is 320 g/mol. The van der Waals surface area contributed by atoms with E-state index in [1.165, 1.54) is 0 Å². The van der Waals surface area contributed by atoms with Crippen LogP contribution in [-0.4, -0.2) is 22.4 Å². The number of nitrogens with two attached hydrogens (primary N) is 1. The predicted molar refractivity (Wildman–Crippen MR) is 81.0 cm³/mol. The monoisotopic (exact) mass is 334 g/mol. The van der Waals surface area contributed by atoms with Crippen LogP contribution in [-0.2, 0) is 11.3 Å². The first kappa shape index (κ1) is 14.5. The highest BCUT2D eigenvalue weighted by Crippen LogP contribution is 2.14. The van der Waals surface area contributed by atoms with Crippen LogP contribution in [0.4, 0.5) is 5.95 Å².